The van der Waals surface area contributed by atoms with Gasteiger partial charge in [0.1, 0.15) is 5.82 Å². The zero-order valence-electron chi connectivity index (χ0n) is 20.1. The van der Waals surface area contributed by atoms with E-state index < -0.39 is 5.82 Å². The lowest BCUT2D eigenvalue weighted by molar-refractivity contribution is -0.113. The molecule has 38 heavy (non-hydrogen) atoms. The van der Waals surface area contributed by atoms with Gasteiger partial charge in [-0.3, -0.25) is 9.59 Å². The lowest BCUT2D eigenvalue weighted by Crippen LogP contribution is -2.48. The van der Waals surface area contributed by atoms with Crippen molar-refractivity contribution in [3.63, 3.8) is 0 Å². The smallest absolute Gasteiger partial charge is 0.277 e. The molecule has 0 aliphatic carbocycles. The van der Waals surface area contributed by atoms with Gasteiger partial charge >= 0.3 is 0 Å². The average molecular weight is 596 g/mol. The normalized spacial score (nSPS) is 13.4. The summed E-state index contributed by atoms with van der Waals surface area (Å²) in [5.74, 6) is -0.234. The average Bonchev–Trinajstić information content (AvgIpc) is 3.42. The van der Waals surface area contributed by atoms with E-state index in [-0.39, 0.29) is 17.6 Å². The van der Waals surface area contributed by atoms with Crippen molar-refractivity contribution in [2.45, 2.75) is 5.22 Å². The zero-order chi connectivity index (χ0) is 26.5. The fraction of sp³-hybridized carbons (Fsp3) is 0.185. The molecule has 0 atom stereocenters. The quantitative estimate of drug-likeness (QED) is 0.289. The summed E-state index contributed by atoms with van der Waals surface area (Å²) >= 11 is 4.56. The number of halogens is 2. The molecule has 1 aliphatic rings. The van der Waals surface area contributed by atoms with Crippen molar-refractivity contribution in [3.8, 4) is 11.5 Å². The van der Waals surface area contributed by atoms with E-state index in [1.54, 1.807) is 17.0 Å². The van der Waals surface area contributed by atoms with E-state index in [1.165, 1.54) is 23.9 Å². The molecule has 0 radical (unpaired) electrons. The molecule has 0 unspecified atom stereocenters. The summed E-state index contributed by atoms with van der Waals surface area (Å²) in [7, 11) is 0. The number of piperazine rings is 1. The van der Waals surface area contributed by atoms with E-state index in [1.807, 2.05) is 48.5 Å². The number of carbonyl (C=O) groups excluding carboxylic acids is 2. The highest BCUT2D eigenvalue weighted by Gasteiger charge is 2.22. The van der Waals surface area contributed by atoms with Crippen LogP contribution in [0.15, 0.2) is 86.9 Å². The largest absolute Gasteiger partial charge is 0.411 e. The Morgan fingerprint density at radius 3 is 2.42 bits per heavy atom. The molecule has 4 aromatic rings. The summed E-state index contributed by atoms with van der Waals surface area (Å²) in [6, 6.07) is 20.9. The highest BCUT2D eigenvalue weighted by atomic mass is 79.9. The molecule has 5 rings (SSSR count). The Morgan fingerprint density at radius 1 is 0.974 bits per heavy atom. The van der Waals surface area contributed by atoms with E-state index >= 15 is 0 Å². The molecule has 1 N–H and O–H groups in total. The molecule has 1 fully saturated rings. The van der Waals surface area contributed by atoms with Crippen LogP contribution in [0.1, 0.15) is 10.4 Å². The summed E-state index contributed by atoms with van der Waals surface area (Å²) in [5, 5.41) is 11.2. The van der Waals surface area contributed by atoms with Gasteiger partial charge in [-0.05, 0) is 66.7 Å². The maximum absolute atomic E-state index is 13.5. The molecule has 0 spiro atoms. The van der Waals surface area contributed by atoms with E-state index in [2.05, 4.69) is 36.3 Å². The molecule has 1 saturated heterocycles. The van der Waals surface area contributed by atoms with Gasteiger partial charge in [-0.15, -0.1) is 10.2 Å². The molecule has 3 aromatic carbocycles. The van der Waals surface area contributed by atoms with Crippen molar-refractivity contribution in [1.82, 2.24) is 15.1 Å². The van der Waals surface area contributed by atoms with Crippen LogP contribution in [0.25, 0.3) is 11.5 Å². The molecular formula is C27H23BrFN5O3S. The Balaban J connectivity index is 1.09. The topological polar surface area (TPSA) is 91.6 Å². The molecule has 0 saturated carbocycles. The van der Waals surface area contributed by atoms with Gasteiger partial charge in [0.15, 0.2) is 0 Å². The molecule has 8 nitrogen and oxygen atoms in total. The van der Waals surface area contributed by atoms with E-state index in [0.29, 0.717) is 48.5 Å². The zero-order valence-corrected chi connectivity index (χ0v) is 22.5. The Bertz CT molecular complexity index is 1420. The third kappa shape index (κ3) is 6.40. The highest BCUT2D eigenvalue weighted by Crippen LogP contribution is 2.25. The van der Waals surface area contributed by atoms with Gasteiger partial charge in [-0.1, -0.05) is 33.8 Å². The molecule has 0 bridgehead atoms. The number of benzene rings is 3. The van der Waals surface area contributed by atoms with E-state index in [9.17, 15) is 14.0 Å². The van der Waals surface area contributed by atoms with Gasteiger partial charge in [-0.2, -0.15) is 0 Å². The second-order valence-corrected chi connectivity index (χ2v) is 10.4. The van der Waals surface area contributed by atoms with Crippen LogP contribution in [0, 0.1) is 5.82 Å². The molecule has 1 aliphatic heterocycles. The monoisotopic (exact) mass is 595 g/mol. The number of hydrogen-bond donors (Lipinski definition) is 1. The van der Waals surface area contributed by atoms with Crippen LogP contribution < -0.4 is 10.2 Å². The first kappa shape index (κ1) is 25.9. The summed E-state index contributed by atoms with van der Waals surface area (Å²) in [6.07, 6.45) is 0. The Kier molecular flexibility index (Phi) is 8.04. The number of amides is 2. The first-order valence-corrected chi connectivity index (χ1v) is 13.6. The predicted molar refractivity (Wildman–Crippen MR) is 148 cm³/mol. The van der Waals surface area contributed by atoms with Crippen LogP contribution in [-0.2, 0) is 4.79 Å². The Hall–Kier alpha value is -3.70. The fourth-order valence-corrected chi connectivity index (χ4v) is 4.86. The summed E-state index contributed by atoms with van der Waals surface area (Å²) in [5.41, 5.74) is 2.85. The highest BCUT2D eigenvalue weighted by molar-refractivity contribution is 9.10. The first-order chi connectivity index (χ1) is 18.4. The number of rotatable bonds is 7. The van der Waals surface area contributed by atoms with Gasteiger partial charge in [-0.25, -0.2) is 4.39 Å². The minimum Gasteiger partial charge on any atom is -0.411 e. The van der Waals surface area contributed by atoms with Crippen LogP contribution >= 0.6 is 27.7 Å². The van der Waals surface area contributed by atoms with Crippen molar-refractivity contribution in [3.05, 3.63) is 88.6 Å². The van der Waals surface area contributed by atoms with Gasteiger partial charge in [0.2, 0.25) is 11.8 Å². The number of anilines is 2. The number of nitrogens with zero attached hydrogens (tertiary/aromatic N) is 4. The van der Waals surface area contributed by atoms with Gasteiger partial charge < -0.3 is 19.5 Å². The number of nitrogens with one attached hydrogen (secondary N) is 1. The number of aromatic nitrogens is 2. The minimum atomic E-state index is -0.416. The second kappa shape index (κ2) is 11.8. The van der Waals surface area contributed by atoms with E-state index in [4.69, 9.17) is 4.42 Å². The summed E-state index contributed by atoms with van der Waals surface area (Å²) < 4.78 is 20.1. The lowest BCUT2D eigenvalue weighted by atomic mass is 10.1. The van der Waals surface area contributed by atoms with Gasteiger partial charge in [0.25, 0.3) is 11.1 Å². The van der Waals surface area contributed by atoms with Crippen molar-refractivity contribution in [2.75, 3.05) is 42.1 Å². The van der Waals surface area contributed by atoms with Crippen molar-refractivity contribution >= 4 is 50.9 Å². The maximum Gasteiger partial charge on any atom is 0.277 e. The molecule has 1 aromatic heterocycles. The summed E-state index contributed by atoms with van der Waals surface area (Å²) in [4.78, 5) is 29.0. The third-order valence-corrected chi connectivity index (χ3v) is 7.33. The standard InChI is InChI=1S/C27H23BrFN5O3S/c28-20-6-4-18(5-7-20)25-31-32-27(37-25)38-17-24(35)30-22-8-10-23(11-9-22)33-12-14-34(15-13-33)26(36)19-2-1-3-21(29)16-19/h1-11,16H,12-15,17H2,(H,30,35). The van der Waals surface area contributed by atoms with Crippen molar-refractivity contribution in [2.24, 2.45) is 0 Å². The molecular weight excluding hydrogens is 573 g/mol. The first-order valence-electron chi connectivity index (χ1n) is 11.9. The number of thioether (sulfide) groups is 1. The molecule has 194 valence electrons. The van der Waals surface area contributed by atoms with Crippen molar-refractivity contribution < 1.29 is 18.4 Å². The van der Waals surface area contributed by atoms with Crippen LogP contribution in [0.5, 0.6) is 0 Å². The third-order valence-electron chi connectivity index (χ3n) is 5.98. The maximum atomic E-state index is 13.5. The van der Waals surface area contributed by atoms with Crippen LogP contribution in [0.4, 0.5) is 15.8 Å². The molecule has 11 heteroatoms. The fourth-order valence-electron chi connectivity index (χ4n) is 4.03. The van der Waals surface area contributed by atoms with Crippen molar-refractivity contribution in [1.29, 1.82) is 0 Å². The summed E-state index contributed by atoms with van der Waals surface area (Å²) in [6.45, 7) is 2.42. The lowest BCUT2D eigenvalue weighted by Gasteiger charge is -2.36. The molecule has 2 heterocycles. The molecule has 2 amide bonds. The van der Waals surface area contributed by atoms with Crippen LogP contribution in [0.3, 0.4) is 0 Å². The number of hydrogen-bond acceptors (Lipinski definition) is 7. The van der Waals surface area contributed by atoms with Gasteiger partial charge in [0.05, 0.1) is 5.75 Å². The Morgan fingerprint density at radius 2 is 1.71 bits per heavy atom. The minimum absolute atomic E-state index is 0.130. The second-order valence-electron chi connectivity index (χ2n) is 8.55. The van der Waals surface area contributed by atoms with Gasteiger partial charge in [0, 0.05) is 53.2 Å². The number of carbonyl (C=O) groups is 2. The Labute approximate surface area is 231 Å². The predicted octanol–water partition coefficient (Wildman–Crippen LogP) is 5.33. The van der Waals surface area contributed by atoms with Crippen LogP contribution in [0.2, 0.25) is 0 Å². The van der Waals surface area contributed by atoms with Crippen LogP contribution in [-0.4, -0.2) is 58.8 Å². The van der Waals surface area contributed by atoms with E-state index in [0.717, 1.165) is 15.7 Å². The SMILES string of the molecule is O=C(CSc1nnc(-c2ccc(Br)cc2)o1)Nc1ccc(N2CCN(C(=O)c3cccc(F)c3)CC2)cc1.